The highest BCUT2D eigenvalue weighted by Gasteiger charge is 2.12. The zero-order valence-electron chi connectivity index (χ0n) is 5.74. The van der Waals surface area contributed by atoms with Crippen molar-refractivity contribution in [3.63, 3.8) is 0 Å². The Morgan fingerprint density at radius 1 is 1.64 bits per heavy atom. The summed E-state index contributed by atoms with van der Waals surface area (Å²) < 4.78 is 0. The van der Waals surface area contributed by atoms with E-state index < -0.39 is 0 Å². The minimum absolute atomic E-state index is 0. The number of aliphatic hydroxyl groups excluding tert-OH is 1. The van der Waals surface area contributed by atoms with Crippen LogP contribution in [0.4, 0.5) is 0 Å². The minimum atomic E-state index is 0. The van der Waals surface area contributed by atoms with Crippen LogP contribution in [0.5, 0.6) is 0 Å². The Kier molecular flexibility index (Phi) is 3.42. The highest BCUT2D eigenvalue weighted by Crippen LogP contribution is 2.10. The number of aliphatic hydroxyl groups is 1. The molecule has 3 N–H and O–H groups in total. The molecule has 0 spiro atoms. The van der Waals surface area contributed by atoms with E-state index in [-0.39, 0.29) is 29.6 Å². The summed E-state index contributed by atoms with van der Waals surface area (Å²) in [6.07, 6.45) is 0.420. The molecule has 0 unspecified atom stereocenters. The summed E-state index contributed by atoms with van der Waals surface area (Å²) in [6, 6.07) is 1.78. The minimum Gasteiger partial charge on any atom is -0.511 e. The van der Waals surface area contributed by atoms with Gasteiger partial charge in [-0.15, -0.1) is 12.4 Å². The molecule has 1 aliphatic heterocycles. The third-order valence-corrected chi connectivity index (χ3v) is 1.29. The molecule has 0 saturated carbocycles. The first kappa shape index (κ1) is 9.79. The van der Waals surface area contributed by atoms with Gasteiger partial charge in [0.15, 0.2) is 0 Å². The van der Waals surface area contributed by atoms with E-state index in [1.165, 1.54) is 0 Å². The second kappa shape index (κ2) is 3.84. The standard InChI is InChI=1S/C6H7N3O.ClH/c7-3-4-5(10)1-2-9-6(4)8;/h10H,1-2H2,(H2,8,9);1H. The van der Waals surface area contributed by atoms with Gasteiger partial charge >= 0.3 is 0 Å². The van der Waals surface area contributed by atoms with Crippen LogP contribution in [0.3, 0.4) is 0 Å². The molecule has 4 nitrogen and oxygen atoms in total. The Balaban J connectivity index is 0.000001000. The predicted octanol–water partition coefficient (Wildman–Crippen LogP) is 0.505. The van der Waals surface area contributed by atoms with E-state index in [9.17, 15) is 0 Å². The van der Waals surface area contributed by atoms with Gasteiger partial charge in [0.2, 0.25) is 0 Å². The Labute approximate surface area is 70.4 Å². The lowest BCUT2D eigenvalue weighted by Gasteiger charge is -2.07. The van der Waals surface area contributed by atoms with Crippen molar-refractivity contribution in [2.75, 3.05) is 6.54 Å². The van der Waals surface area contributed by atoms with Crippen LogP contribution >= 0.6 is 12.4 Å². The highest BCUT2D eigenvalue weighted by molar-refractivity contribution is 6.01. The molecule has 0 bridgehead atoms. The van der Waals surface area contributed by atoms with E-state index in [1.54, 1.807) is 6.07 Å². The maximum Gasteiger partial charge on any atom is 0.139 e. The second-order valence-corrected chi connectivity index (χ2v) is 1.95. The van der Waals surface area contributed by atoms with Crippen molar-refractivity contribution in [2.24, 2.45) is 10.7 Å². The Bertz CT molecular complexity index is 251. The fourth-order valence-electron chi connectivity index (χ4n) is 0.756. The van der Waals surface area contributed by atoms with Gasteiger partial charge in [0.05, 0.1) is 0 Å². The maximum absolute atomic E-state index is 9.04. The first-order valence-corrected chi connectivity index (χ1v) is 2.88. The number of nitriles is 1. The molecule has 11 heavy (non-hydrogen) atoms. The van der Waals surface area contributed by atoms with Crippen LogP contribution in [0.15, 0.2) is 16.3 Å². The molecule has 0 aromatic heterocycles. The molecule has 0 saturated heterocycles. The summed E-state index contributed by atoms with van der Waals surface area (Å²) in [5, 5.41) is 17.4. The smallest absolute Gasteiger partial charge is 0.139 e. The Morgan fingerprint density at radius 2 is 2.27 bits per heavy atom. The zero-order chi connectivity index (χ0) is 7.56. The van der Waals surface area contributed by atoms with Gasteiger partial charge in [0, 0.05) is 13.0 Å². The molecule has 0 radical (unpaired) electrons. The summed E-state index contributed by atoms with van der Waals surface area (Å²) >= 11 is 0. The van der Waals surface area contributed by atoms with E-state index in [4.69, 9.17) is 16.1 Å². The molecule has 0 atom stereocenters. The van der Waals surface area contributed by atoms with Crippen LogP contribution in [0.1, 0.15) is 6.42 Å². The van der Waals surface area contributed by atoms with Crippen molar-refractivity contribution < 1.29 is 5.11 Å². The predicted molar refractivity (Wildman–Crippen MR) is 43.6 cm³/mol. The van der Waals surface area contributed by atoms with Gasteiger partial charge in [-0.2, -0.15) is 5.26 Å². The van der Waals surface area contributed by atoms with Gasteiger partial charge in [-0.1, -0.05) is 0 Å². The summed E-state index contributed by atoms with van der Waals surface area (Å²) in [5.41, 5.74) is 5.41. The first-order valence-electron chi connectivity index (χ1n) is 2.88. The van der Waals surface area contributed by atoms with E-state index in [2.05, 4.69) is 4.99 Å². The van der Waals surface area contributed by atoms with Crippen molar-refractivity contribution in [1.82, 2.24) is 0 Å². The molecule has 60 valence electrons. The molecule has 0 fully saturated rings. The third kappa shape index (κ3) is 1.85. The molecular formula is C6H8ClN3O. The number of amidine groups is 1. The molecule has 5 heteroatoms. The summed E-state index contributed by atoms with van der Waals surface area (Å²) in [6.45, 7) is 0.475. The summed E-state index contributed by atoms with van der Waals surface area (Å²) in [5.74, 6) is 0.196. The number of halogens is 1. The number of nitrogens with two attached hydrogens (primary N) is 1. The molecule has 1 heterocycles. The van der Waals surface area contributed by atoms with Crippen LogP contribution in [-0.4, -0.2) is 17.5 Å². The normalized spacial score (nSPS) is 16.5. The molecule has 1 aliphatic rings. The van der Waals surface area contributed by atoms with E-state index in [0.717, 1.165) is 0 Å². The van der Waals surface area contributed by atoms with Gasteiger partial charge in [-0.05, 0) is 0 Å². The van der Waals surface area contributed by atoms with Crippen LogP contribution in [0.25, 0.3) is 0 Å². The number of aliphatic imine (C=N–C) groups is 1. The molecule has 0 aliphatic carbocycles. The lowest BCUT2D eigenvalue weighted by atomic mass is 10.1. The molecule has 0 amide bonds. The SMILES string of the molecule is Cl.N#CC1=C(O)CCN=C1N. The van der Waals surface area contributed by atoms with Crippen molar-refractivity contribution >= 4 is 18.2 Å². The van der Waals surface area contributed by atoms with Crippen molar-refractivity contribution in [3.8, 4) is 6.07 Å². The van der Waals surface area contributed by atoms with Crippen LogP contribution in [-0.2, 0) is 0 Å². The number of hydrogen-bond acceptors (Lipinski definition) is 4. The van der Waals surface area contributed by atoms with Crippen LogP contribution < -0.4 is 5.73 Å². The fourth-order valence-corrected chi connectivity index (χ4v) is 0.756. The van der Waals surface area contributed by atoms with Crippen molar-refractivity contribution in [3.05, 3.63) is 11.3 Å². The van der Waals surface area contributed by atoms with E-state index in [0.29, 0.717) is 13.0 Å². The van der Waals surface area contributed by atoms with Crippen molar-refractivity contribution in [2.45, 2.75) is 6.42 Å². The largest absolute Gasteiger partial charge is 0.511 e. The third-order valence-electron chi connectivity index (χ3n) is 1.29. The quantitative estimate of drug-likeness (QED) is 0.560. The number of dihydropyridines is 1. The zero-order valence-corrected chi connectivity index (χ0v) is 6.56. The maximum atomic E-state index is 9.04. The number of nitrogens with zero attached hydrogens (tertiary/aromatic N) is 2. The summed E-state index contributed by atoms with van der Waals surface area (Å²) in [7, 11) is 0. The lowest BCUT2D eigenvalue weighted by Crippen LogP contribution is -2.20. The second-order valence-electron chi connectivity index (χ2n) is 1.95. The molecule has 1 rings (SSSR count). The average molecular weight is 174 g/mol. The van der Waals surface area contributed by atoms with Crippen molar-refractivity contribution in [1.29, 1.82) is 5.26 Å². The van der Waals surface area contributed by atoms with Crippen LogP contribution in [0.2, 0.25) is 0 Å². The molecule has 0 aromatic carbocycles. The fraction of sp³-hybridized carbons (Fsp3) is 0.333. The first-order chi connectivity index (χ1) is 4.75. The summed E-state index contributed by atoms with van der Waals surface area (Å²) in [4.78, 5) is 3.79. The van der Waals surface area contributed by atoms with E-state index >= 15 is 0 Å². The number of hydrogen-bond donors (Lipinski definition) is 2. The molecule has 0 aromatic rings. The van der Waals surface area contributed by atoms with Gasteiger partial charge in [-0.25, -0.2) is 0 Å². The van der Waals surface area contributed by atoms with Gasteiger partial charge in [0.1, 0.15) is 23.2 Å². The van der Waals surface area contributed by atoms with Gasteiger partial charge < -0.3 is 10.8 Å². The topological polar surface area (TPSA) is 82.4 Å². The van der Waals surface area contributed by atoms with Gasteiger partial charge in [0.25, 0.3) is 0 Å². The highest BCUT2D eigenvalue weighted by atomic mass is 35.5. The van der Waals surface area contributed by atoms with E-state index in [1.807, 2.05) is 0 Å². The Hall–Kier alpha value is -1.21. The monoisotopic (exact) mass is 173 g/mol. The average Bonchev–Trinajstić information content (AvgIpc) is 1.88. The number of rotatable bonds is 0. The van der Waals surface area contributed by atoms with Gasteiger partial charge in [-0.3, -0.25) is 4.99 Å². The molecular weight excluding hydrogens is 166 g/mol. The lowest BCUT2D eigenvalue weighted by molar-refractivity contribution is 0.386. The van der Waals surface area contributed by atoms with Crippen LogP contribution in [0, 0.1) is 11.3 Å². The Morgan fingerprint density at radius 3 is 2.64 bits per heavy atom.